The Kier molecular flexibility index (Phi) is 3.09. The predicted octanol–water partition coefficient (Wildman–Crippen LogP) is 2.44. The third kappa shape index (κ3) is 1.94. The molecule has 2 aliphatic rings. The Morgan fingerprint density at radius 3 is 2.50 bits per heavy atom. The Morgan fingerprint density at radius 2 is 1.71 bits per heavy atom. The number of carbonyl (C=O) groups is 1. The summed E-state index contributed by atoms with van der Waals surface area (Å²) in [5.74, 6) is 1.46. The highest BCUT2D eigenvalue weighted by Gasteiger charge is 2.37. The minimum atomic E-state index is 0.373. The van der Waals surface area contributed by atoms with Gasteiger partial charge in [0.2, 0.25) is 5.91 Å². The van der Waals surface area contributed by atoms with Crippen molar-refractivity contribution < 1.29 is 4.79 Å². The van der Waals surface area contributed by atoms with Crippen molar-refractivity contribution in [2.75, 3.05) is 13.6 Å². The lowest BCUT2D eigenvalue weighted by Crippen LogP contribution is -2.22. The number of hydrogen-bond acceptors (Lipinski definition) is 1. The van der Waals surface area contributed by atoms with Crippen LogP contribution in [0.1, 0.15) is 44.9 Å². The normalized spacial score (nSPS) is 34.6. The second-order valence-electron chi connectivity index (χ2n) is 4.93. The SMILES string of the molecule is CN1C[C@H]2CCCCCCCC2C1=O. The molecule has 1 amide bonds. The van der Waals surface area contributed by atoms with Gasteiger partial charge in [-0.05, 0) is 18.8 Å². The maximum absolute atomic E-state index is 11.8. The molecule has 1 aliphatic heterocycles. The summed E-state index contributed by atoms with van der Waals surface area (Å²) in [7, 11) is 1.96. The molecule has 0 N–H and O–H groups in total. The first kappa shape index (κ1) is 10.0. The molecule has 80 valence electrons. The van der Waals surface area contributed by atoms with Gasteiger partial charge in [0, 0.05) is 19.5 Å². The molecule has 0 bridgehead atoms. The number of carbonyl (C=O) groups excluding carboxylic acids is 1. The van der Waals surface area contributed by atoms with E-state index >= 15 is 0 Å². The van der Waals surface area contributed by atoms with Gasteiger partial charge < -0.3 is 4.90 Å². The van der Waals surface area contributed by atoms with E-state index in [9.17, 15) is 4.79 Å². The van der Waals surface area contributed by atoms with Crippen LogP contribution in [0.25, 0.3) is 0 Å². The van der Waals surface area contributed by atoms with Crippen LogP contribution in [-0.4, -0.2) is 24.4 Å². The van der Waals surface area contributed by atoms with Crippen molar-refractivity contribution >= 4 is 5.91 Å². The van der Waals surface area contributed by atoms with Gasteiger partial charge in [-0.1, -0.05) is 32.1 Å². The van der Waals surface area contributed by atoms with Gasteiger partial charge in [-0.3, -0.25) is 4.79 Å². The zero-order chi connectivity index (χ0) is 9.97. The monoisotopic (exact) mass is 195 g/mol. The van der Waals surface area contributed by atoms with E-state index in [2.05, 4.69) is 0 Å². The van der Waals surface area contributed by atoms with E-state index in [-0.39, 0.29) is 0 Å². The van der Waals surface area contributed by atoms with Crippen LogP contribution in [0.15, 0.2) is 0 Å². The Bertz CT molecular complexity index is 214. The van der Waals surface area contributed by atoms with Gasteiger partial charge in [-0.15, -0.1) is 0 Å². The smallest absolute Gasteiger partial charge is 0.225 e. The molecule has 0 radical (unpaired) electrons. The molecule has 2 nitrogen and oxygen atoms in total. The van der Waals surface area contributed by atoms with Crippen molar-refractivity contribution in [3.05, 3.63) is 0 Å². The molecular formula is C12H21NO. The van der Waals surface area contributed by atoms with Crippen LogP contribution in [0.4, 0.5) is 0 Å². The highest BCUT2D eigenvalue weighted by molar-refractivity contribution is 5.81. The number of rotatable bonds is 0. The molecule has 0 aromatic heterocycles. The zero-order valence-corrected chi connectivity index (χ0v) is 9.17. The molecule has 14 heavy (non-hydrogen) atoms. The predicted molar refractivity (Wildman–Crippen MR) is 56.9 cm³/mol. The Hall–Kier alpha value is -0.530. The summed E-state index contributed by atoms with van der Waals surface area (Å²) in [6.45, 7) is 1.02. The quantitative estimate of drug-likeness (QED) is 0.581. The van der Waals surface area contributed by atoms with Gasteiger partial charge in [0.15, 0.2) is 0 Å². The first-order chi connectivity index (χ1) is 6.79. The number of hydrogen-bond donors (Lipinski definition) is 0. The van der Waals surface area contributed by atoms with Gasteiger partial charge >= 0.3 is 0 Å². The highest BCUT2D eigenvalue weighted by Crippen LogP contribution is 2.33. The Morgan fingerprint density at radius 1 is 1.07 bits per heavy atom. The average Bonchev–Trinajstić information content (AvgIpc) is 2.49. The van der Waals surface area contributed by atoms with Gasteiger partial charge in [0.05, 0.1) is 0 Å². The van der Waals surface area contributed by atoms with Gasteiger partial charge in [-0.2, -0.15) is 0 Å². The number of likely N-dealkylation sites (tertiary alicyclic amines) is 1. The van der Waals surface area contributed by atoms with Crippen LogP contribution in [0.2, 0.25) is 0 Å². The van der Waals surface area contributed by atoms with Crippen molar-refractivity contribution in [2.45, 2.75) is 44.9 Å². The molecule has 2 rings (SSSR count). The molecular weight excluding hydrogens is 174 g/mol. The van der Waals surface area contributed by atoms with Crippen LogP contribution in [0.5, 0.6) is 0 Å². The van der Waals surface area contributed by atoms with Crippen molar-refractivity contribution in [2.24, 2.45) is 11.8 Å². The molecule has 0 spiro atoms. The standard InChI is InChI=1S/C12H21NO/c1-13-9-10-7-5-3-2-4-6-8-11(10)12(13)14/h10-11H,2-9H2,1H3/t10-,11?/m1/s1. The first-order valence-electron chi connectivity index (χ1n) is 6.04. The molecule has 2 atom stereocenters. The molecule has 1 unspecified atom stereocenters. The topological polar surface area (TPSA) is 20.3 Å². The first-order valence-corrected chi connectivity index (χ1v) is 6.04. The molecule has 0 aromatic rings. The lowest BCUT2D eigenvalue weighted by atomic mass is 9.88. The summed E-state index contributed by atoms with van der Waals surface area (Å²) in [4.78, 5) is 13.8. The lowest BCUT2D eigenvalue weighted by Gasteiger charge is -2.14. The van der Waals surface area contributed by atoms with Crippen molar-refractivity contribution in [3.8, 4) is 0 Å². The van der Waals surface area contributed by atoms with Gasteiger partial charge in [0.1, 0.15) is 0 Å². The largest absolute Gasteiger partial charge is 0.345 e. The molecule has 1 heterocycles. The summed E-state index contributed by atoms with van der Waals surface area (Å²) >= 11 is 0. The fourth-order valence-electron chi connectivity index (χ4n) is 3.01. The maximum atomic E-state index is 11.8. The fraction of sp³-hybridized carbons (Fsp3) is 0.917. The Balaban J connectivity index is 2.02. The molecule has 1 saturated heterocycles. The Labute approximate surface area is 86.7 Å². The van der Waals surface area contributed by atoms with Gasteiger partial charge in [-0.25, -0.2) is 0 Å². The summed E-state index contributed by atoms with van der Waals surface area (Å²) in [5.41, 5.74) is 0. The van der Waals surface area contributed by atoms with E-state index in [1.807, 2.05) is 11.9 Å². The fourth-order valence-corrected chi connectivity index (χ4v) is 3.01. The van der Waals surface area contributed by atoms with E-state index in [0.717, 1.165) is 13.0 Å². The zero-order valence-electron chi connectivity index (χ0n) is 9.17. The van der Waals surface area contributed by atoms with E-state index in [0.29, 0.717) is 17.7 Å². The van der Waals surface area contributed by atoms with Crippen LogP contribution >= 0.6 is 0 Å². The van der Waals surface area contributed by atoms with Crippen LogP contribution in [0.3, 0.4) is 0 Å². The third-order valence-electron chi connectivity index (χ3n) is 3.86. The number of amides is 1. The van der Waals surface area contributed by atoms with Crippen molar-refractivity contribution in [3.63, 3.8) is 0 Å². The molecule has 2 fully saturated rings. The molecule has 2 heteroatoms. The summed E-state index contributed by atoms with van der Waals surface area (Å²) in [5, 5.41) is 0. The highest BCUT2D eigenvalue weighted by atomic mass is 16.2. The van der Waals surface area contributed by atoms with Crippen molar-refractivity contribution in [1.82, 2.24) is 4.90 Å². The van der Waals surface area contributed by atoms with Crippen molar-refractivity contribution in [1.29, 1.82) is 0 Å². The summed E-state index contributed by atoms with van der Waals surface area (Å²) < 4.78 is 0. The van der Waals surface area contributed by atoms with E-state index in [1.54, 1.807) is 0 Å². The number of fused-ring (bicyclic) bond motifs is 1. The summed E-state index contributed by atoms with van der Waals surface area (Å²) in [6.07, 6.45) is 9.11. The van der Waals surface area contributed by atoms with E-state index < -0.39 is 0 Å². The minimum absolute atomic E-state index is 0.373. The molecule has 1 aliphatic carbocycles. The third-order valence-corrected chi connectivity index (χ3v) is 3.86. The molecule has 0 aromatic carbocycles. The second-order valence-corrected chi connectivity index (χ2v) is 4.93. The number of nitrogens with zero attached hydrogens (tertiary/aromatic N) is 1. The molecule has 1 saturated carbocycles. The maximum Gasteiger partial charge on any atom is 0.225 e. The van der Waals surface area contributed by atoms with Crippen LogP contribution < -0.4 is 0 Å². The minimum Gasteiger partial charge on any atom is -0.345 e. The lowest BCUT2D eigenvalue weighted by molar-refractivity contribution is -0.130. The van der Waals surface area contributed by atoms with Gasteiger partial charge in [0.25, 0.3) is 0 Å². The second kappa shape index (κ2) is 4.33. The summed E-state index contributed by atoms with van der Waals surface area (Å²) in [6, 6.07) is 0. The van der Waals surface area contributed by atoms with Crippen LogP contribution in [0, 0.1) is 11.8 Å². The van der Waals surface area contributed by atoms with E-state index in [1.165, 1.54) is 38.5 Å². The van der Waals surface area contributed by atoms with E-state index in [4.69, 9.17) is 0 Å². The average molecular weight is 195 g/mol. The van der Waals surface area contributed by atoms with Crippen LogP contribution in [-0.2, 0) is 4.79 Å².